The Hall–Kier alpha value is -2.86. The summed E-state index contributed by atoms with van der Waals surface area (Å²) in [5, 5.41) is 0.736. The highest BCUT2D eigenvalue weighted by Gasteiger charge is 2.26. The van der Waals surface area contributed by atoms with E-state index in [0.717, 1.165) is 60.0 Å². The van der Waals surface area contributed by atoms with Gasteiger partial charge in [-0.1, -0.05) is 24.6 Å². The molecule has 2 aromatic carbocycles. The molecule has 0 amide bonds. The van der Waals surface area contributed by atoms with Crippen molar-refractivity contribution in [2.24, 2.45) is 0 Å². The molecular weight excluding hydrogens is 424 g/mol. The highest BCUT2D eigenvalue weighted by Crippen LogP contribution is 2.28. The zero-order valence-electron chi connectivity index (χ0n) is 19.1. The van der Waals surface area contributed by atoms with E-state index in [4.69, 9.17) is 26.3 Å². The van der Waals surface area contributed by atoms with Gasteiger partial charge in [0.15, 0.2) is 11.5 Å². The van der Waals surface area contributed by atoms with Gasteiger partial charge in [-0.25, -0.2) is 14.8 Å². The predicted molar refractivity (Wildman–Crippen MR) is 130 cm³/mol. The van der Waals surface area contributed by atoms with Crippen molar-refractivity contribution in [1.29, 1.82) is 0 Å². The van der Waals surface area contributed by atoms with Crippen LogP contribution in [-0.2, 0) is 4.74 Å². The minimum atomic E-state index is -0.414. The van der Waals surface area contributed by atoms with E-state index >= 15 is 0 Å². The summed E-state index contributed by atoms with van der Waals surface area (Å²) in [7, 11) is 0. The first kappa shape index (κ1) is 22.3. The molecule has 0 bridgehead atoms. The summed E-state index contributed by atoms with van der Waals surface area (Å²) in [4.78, 5) is 26.9. The largest absolute Gasteiger partial charge is 0.461 e. The molecule has 1 saturated heterocycles. The topological polar surface area (TPSA) is 58.6 Å². The van der Waals surface area contributed by atoms with Crippen LogP contribution in [0.3, 0.4) is 0 Å². The fourth-order valence-corrected chi connectivity index (χ4v) is 4.17. The Morgan fingerprint density at radius 1 is 0.938 bits per heavy atom. The SMILES string of the molecule is CCCOC(=O)c1nc2cc(C)c(C)cc2nc1N1CCN(c2cc(Cl)ccc2C)CC1. The lowest BCUT2D eigenvalue weighted by molar-refractivity contribution is 0.0499. The number of esters is 1. The summed E-state index contributed by atoms with van der Waals surface area (Å²) in [6, 6.07) is 10.00. The molecular formula is C25H29ClN4O2. The van der Waals surface area contributed by atoms with Gasteiger partial charge in [0.1, 0.15) is 0 Å². The molecule has 0 atom stereocenters. The Bertz CT molecular complexity index is 1160. The van der Waals surface area contributed by atoms with Crippen molar-refractivity contribution in [3.8, 4) is 0 Å². The number of ether oxygens (including phenoxy) is 1. The first-order valence-electron chi connectivity index (χ1n) is 11.1. The van der Waals surface area contributed by atoms with Gasteiger partial charge in [-0.15, -0.1) is 0 Å². The number of aromatic nitrogens is 2. The Kier molecular flexibility index (Phi) is 6.51. The van der Waals surface area contributed by atoms with Gasteiger partial charge in [0, 0.05) is 36.9 Å². The van der Waals surface area contributed by atoms with Gasteiger partial charge in [0.25, 0.3) is 0 Å². The van der Waals surface area contributed by atoms with Crippen LogP contribution >= 0.6 is 11.6 Å². The lowest BCUT2D eigenvalue weighted by Crippen LogP contribution is -2.47. The molecule has 0 spiro atoms. The average Bonchev–Trinajstić information content (AvgIpc) is 2.79. The number of nitrogens with zero attached hydrogens (tertiary/aromatic N) is 4. The zero-order valence-corrected chi connectivity index (χ0v) is 19.9. The van der Waals surface area contributed by atoms with Gasteiger partial charge in [-0.05, 0) is 68.1 Å². The quantitative estimate of drug-likeness (QED) is 0.502. The maximum Gasteiger partial charge on any atom is 0.360 e. The summed E-state index contributed by atoms with van der Waals surface area (Å²) >= 11 is 6.23. The maximum absolute atomic E-state index is 12.9. The fraction of sp³-hybridized carbons (Fsp3) is 0.400. The van der Waals surface area contributed by atoms with Gasteiger partial charge < -0.3 is 14.5 Å². The molecule has 168 valence electrons. The number of anilines is 2. The number of piperazine rings is 1. The van der Waals surface area contributed by atoms with Crippen LogP contribution in [0.2, 0.25) is 5.02 Å². The second-order valence-electron chi connectivity index (χ2n) is 8.36. The molecule has 0 saturated carbocycles. The Balaban J connectivity index is 1.66. The van der Waals surface area contributed by atoms with Gasteiger partial charge in [-0.2, -0.15) is 0 Å². The molecule has 1 aliphatic heterocycles. The molecule has 2 heterocycles. The minimum Gasteiger partial charge on any atom is -0.461 e. The minimum absolute atomic E-state index is 0.293. The van der Waals surface area contributed by atoms with Crippen molar-refractivity contribution in [2.45, 2.75) is 34.1 Å². The predicted octanol–water partition coefficient (Wildman–Crippen LogP) is 5.10. The van der Waals surface area contributed by atoms with Gasteiger partial charge in [-0.3, -0.25) is 0 Å². The summed E-state index contributed by atoms with van der Waals surface area (Å²) in [6.07, 6.45) is 0.762. The molecule has 0 N–H and O–H groups in total. The number of halogens is 1. The van der Waals surface area contributed by atoms with Crippen molar-refractivity contribution in [3.05, 3.63) is 57.7 Å². The first-order valence-corrected chi connectivity index (χ1v) is 11.5. The molecule has 1 aromatic heterocycles. The highest BCUT2D eigenvalue weighted by atomic mass is 35.5. The molecule has 32 heavy (non-hydrogen) atoms. The van der Waals surface area contributed by atoms with E-state index < -0.39 is 5.97 Å². The molecule has 3 aromatic rings. The second-order valence-corrected chi connectivity index (χ2v) is 8.80. The third kappa shape index (κ3) is 4.51. The summed E-state index contributed by atoms with van der Waals surface area (Å²) in [5.74, 6) is 0.187. The maximum atomic E-state index is 12.9. The van der Waals surface area contributed by atoms with Crippen LogP contribution in [0, 0.1) is 20.8 Å². The number of benzene rings is 2. The van der Waals surface area contributed by atoms with Crippen molar-refractivity contribution in [2.75, 3.05) is 42.6 Å². The van der Waals surface area contributed by atoms with Gasteiger partial charge in [0.2, 0.25) is 0 Å². The van der Waals surface area contributed by atoms with E-state index in [9.17, 15) is 4.79 Å². The monoisotopic (exact) mass is 452 g/mol. The van der Waals surface area contributed by atoms with Crippen LogP contribution < -0.4 is 9.80 Å². The molecule has 0 unspecified atom stereocenters. The normalized spacial score (nSPS) is 14.2. The van der Waals surface area contributed by atoms with Crippen LogP contribution in [0.5, 0.6) is 0 Å². The highest BCUT2D eigenvalue weighted by molar-refractivity contribution is 6.30. The second kappa shape index (κ2) is 9.33. The molecule has 6 nitrogen and oxygen atoms in total. The zero-order chi connectivity index (χ0) is 22.8. The Morgan fingerprint density at radius 3 is 2.22 bits per heavy atom. The van der Waals surface area contributed by atoms with Gasteiger partial charge >= 0.3 is 5.97 Å². The van der Waals surface area contributed by atoms with E-state index in [1.54, 1.807) is 0 Å². The first-order chi connectivity index (χ1) is 15.4. The van der Waals surface area contributed by atoms with Crippen molar-refractivity contribution >= 4 is 40.1 Å². The summed E-state index contributed by atoms with van der Waals surface area (Å²) in [5.41, 5.74) is 6.43. The lowest BCUT2D eigenvalue weighted by atomic mass is 10.1. The standard InChI is InChI=1S/C25H29ClN4O2/c1-5-12-32-25(31)23-24(28-21-14-18(4)17(3)13-20(21)27-23)30-10-8-29(9-11-30)22-15-19(26)7-6-16(22)2/h6-7,13-15H,5,8-12H2,1-4H3. The summed E-state index contributed by atoms with van der Waals surface area (Å²) in [6.45, 7) is 11.6. The van der Waals surface area contributed by atoms with Crippen molar-refractivity contribution in [1.82, 2.24) is 9.97 Å². The molecule has 4 rings (SSSR count). The molecule has 0 aliphatic carbocycles. The number of carbonyl (C=O) groups excluding carboxylic acids is 1. The number of hydrogen-bond donors (Lipinski definition) is 0. The van der Waals surface area contributed by atoms with Crippen LogP contribution in [0.4, 0.5) is 11.5 Å². The number of aryl methyl sites for hydroxylation is 3. The van der Waals surface area contributed by atoms with Crippen LogP contribution in [0.15, 0.2) is 30.3 Å². The number of rotatable bonds is 5. The number of fused-ring (bicyclic) bond motifs is 1. The van der Waals surface area contributed by atoms with Crippen LogP contribution in [-0.4, -0.2) is 48.7 Å². The van der Waals surface area contributed by atoms with E-state index in [1.165, 1.54) is 5.56 Å². The van der Waals surface area contributed by atoms with Gasteiger partial charge in [0.05, 0.1) is 17.6 Å². The molecule has 7 heteroatoms. The Morgan fingerprint density at radius 2 is 1.56 bits per heavy atom. The number of carbonyl (C=O) groups is 1. The van der Waals surface area contributed by atoms with Crippen molar-refractivity contribution < 1.29 is 9.53 Å². The molecule has 1 aliphatic rings. The van der Waals surface area contributed by atoms with E-state index in [0.29, 0.717) is 23.6 Å². The smallest absolute Gasteiger partial charge is 0.360 e. The Labute approximate surface area is 194 Å². The third-order valence-corrected chi connectivity index (χ3v) is 6.22. The average molecular weight is 453 g/mol. The molecule has 1 fully saturated rings. The van der Waals surface area contributed by atoms with E-state index in [-0.39, 0.29) is 0 Å². The van der Waals surface area contributed by atoms with Crippen LogP contribution in [0.1, 0.15) is 40.5 Å². The number of hydrogen-bond acceptors (Lipinski definition) is 6. The third-order valence-electron chi connectivity index (χ3n) is 5.98. The van der Waals surface area contributed by atoms with Crippen LogP contribution in [0.25, 0.3) is 11.0 Å². The van der Waals surface area contributed by atoms with E-state index in [1.807, 2.05) is 44.2 Å². The van der Waals surface area contributed by atoms with Crippen molar-refractivity contribution in [3.63, 3.8) is 0 Å². The fourth-order valence-electron chi connectivity index (χ4n) is 4.01. The van der Waals surface area contributed by atoms with E-state index in [2.05, 4.69) is 23.6 Å². The summed E-state index contributed by atoms with van der Waals surface area (Å²) < 4.78 is 5.44. The molecule has 0 radical (unpaired) electrons. The lowest BCUT2D eigenvalue weighted by Gasteiger charge is -2.37.